The van der Waals surface area contributed by atoms with Crippen LogP contribution in [0.3, 0.4) is 0 Å². The van der Waals surface area contributed by atoms with Crippen LogP contribution < -0.4 is 4.74 Å². The molecule has 1 aromatic carbocycles. The third-order valence-corrected chi connectivity index (χ3v) is 8.69. The summed E-state index contributed by atoms with van der Waals surface area (Å²) in [5.74, 6) is 1.20. The third kappa shape index (κ3) is 5.67. The number of fused-ring (bicyclic) bond motifs is 2. The van der Waals surface area contributed by atoms with Crippen molar-refractivity contribution in [1.29, 1.82) is 0 Å². The van der Waals surface area contributed by atoms with Gasteiger partial charge in [-0.1, -0.05) is 35.4 Å². The van der Waals surface area contributed by atoms with E-state index < -0.39 is 12.0 Å². The Labute approximate surface area is 257 Å². The van der Waals surface area contributed by atoms with Gasteiger partial charge in [0, 0.05) is 47.7 Å². The Hall–Kier alpha value is -4.28. The number of furan rings is 1. The molecule has 11 heteroatoms. The third-order valence-electron chi connectivity index (χ3n) is 8.36. The van der Waals surface area contributed by atoms with E-state index >= 15 is 0 Å². The molecule has 0 unspecified atom stereocenters. The van der Waals surface area contributed by atoms with E-state index in [0.717, 1.165) is 49.3 Å². The van der Waals surface area contributed by atoms with Gasteiger partial charge in [-0.25, -0.2) is 19.7 Å². The van der Waals surface area contributed by atoms with E-state index in [2.05, 4.69) is 15.6 Å². The number of imidazole rings is 1. The SMILES string of the molecule is COC(=O)c1ccc2nc(CC3=CC[C@@H](c4cccc(OCc5ccc(Cl)c6cc(F)oc56)n4)CC3)n(C[C@@H]3CCO3)c2n1. The minimum Gasteiger partial charge on any atom is -0.473 e. The van der Waals surface area contributed by atoms with Gasteiger partial charge in [-0.2, -0.15) is 4.39 Å². The molecule has 0 amide bonds. The van der Waals surface area contributed by atoms with E-state index in [4.69, 9.17) is 40.2 Å². The maximum atomic E-state index is 13.7. The Balaban J connectivity index is 1.05. The molecule has 4 aromatic heterocycles. The molecule has 1 saturated heterocycles. The number of carbonyl (C=O) groups is 1. The predicted octanol–water partition coefficient (Wildman–Crippen LogP) is 6.96. The van der Waals surface area contributed by atoms with Crippen molar-refractivity contribution in [3.05, 3.63) is 94.0 Å². The first-order valence-electron chi connectivity index (χ1n) is 14.7. The molecule has 0 spiro atoms. The second-order valence-electron chi connectivity index (χ2n) is 11.2. The van der Waals surface area contributed by atoms with Crippen molar-refractivity contribution in [2.75, 3.05) is 13.7 Å². The normalized spacial score (nSPS) is 18.3. The van der Waals surface area contributed by atoms with Gasteiger partial charge < -0.3 is 23.2 Å². The van der Waals surface area contributed by atoms with Gasteiger partial charge in [0.2, 0.25) is 5.88 Å². The summed E-state index contributed by atoms with van der Waals surface area (Å²) in [5.41, 5.74) is 5.03. The number of nitrogens with zero attached hydrogens (tertiary/aromatic N) is 4. The number of halogens is 2. The lowest BCUT2D eigenvalue weighted by Crippen LogP contribution is -2.32. The van der Waals surface area contributed by atoms with Crippen molar-refractivity contribution in [3.63, 3.8) is 0 Å². The van der Waals surface area contributed by atoms with Crippen molar-refractivity contribution in [2.45, 2.75) is 57.3 Å². The van der Waals surface area contributed by atoms with Gasteiger partial charge in [0.15, 0.2) is 11.3 Å². The molecule has 0 N–H and O–H groups in total. The van der Waals surface area contributed by atoms with Gasteiger partial charge in [0.05, 0.1) is 24.8 Å². The van der Waals surface area contributed by atoms with Gasteiger partial charge in [-0.3, -0.25) is 0 Å². The molecule has 7 rings (SSSR count). The smallest absolute Gasteiger partial charge is 0.356 e. The Kier molecular flexibility index (Phi) is 7.78. The summed E-state index contributed by atoms with van der Waals surface area (Å²) in [6.07, 6.45) is 6.80. The van der Waals surface area contributed by atoms with E-state index in [0.29, 0.717) is 46.0 Å². The Morgan fingerprint density at radius 3 is 2.80 bits per heavy atom. The average molecular weight is 617 g/mol. The minimum atomic E-state index is -0.687. The first kappa shape index (κ1) is 28.5. The lowest BCUT2D eigenvalue weighted by atomic mass is 9.86. The van der Waals surface area contributed by atoms with Crippen LogP contribution in [0.15, 0.2) is 64.6 Å². The van der Waals surface area contributed by atoms with Crippen LogP contribution in [0.5, 0.6) is 5.88 Å². The second kappa shape index (κ2) is 12.0. The zero-order valence-electron chi connectivity index (χ0n) is 24.1. The minimum absolute atomic E-state index is 0.117. The van der Waals surface area contributed by atoms with Crippen molar-refractivity contribution in [1.82, 2.24) is 19.5 Å². The van der Waals surface area contributed by atoms with Crippen LogP contribution >= 0.6 is 11.6 Å². The molecular weight excluding hydrogens is 587 g/mol. The van der Waals surface area contributed by atoms with E-state index in [1.165, 1.54) is 18.7 Å². The molecule has 1 aliphatic carbocycles. The number of carbonyl (C=O) groups excluding carboxylic acids is 1. The van der Waals surface area contributed by atoms with Crippen molar-refractivity contribution < 1.29 is 27.8 Å². The predicted molar refractivity (Wildman–Crippen MR) is 161 cm³/mol. The standard InChI is InChI=1S/C33H30ClFN4O5/c1-41-33(40)27-12-11-26-32(38-27)39(17-22-13-14-42-22)29(36-26)15-19-5-7-20(8-6-19)25-3-2-4-30(37-25)43-18-21-9-10-24(34)23-16-28(35)44-31(21)23/h2-5,9-12,16,20,22H,6-8,13-15,17-18H2,1H3/t20-,22+/m1/s1. The first-order chi connectivity index (χ1) is 21.4. The van der Waals surface area contributed by atoms with Crippen LogP contribution in [0, 0.1) is 6.01 Å². The summed E-state index contributed by atoms with van der Waals surface area (Å²) in [6.45, 7) is 1.58. The summed E-state index contributed by atoms with van der Waals surface area (Å²) >= 11 is 6.18. The fourth-order valence-corrected chi connectivity index (χ4v) is 6.07. The Morgan fingerprint density at radius 2 is 2.02 bits per heavy atom. The maximum absolute atomic E-state index is 13.7. The summed E-state index contributed by atoms with van der Waals surface area (Å²) < 4.78 is 37.6. The largest absolute Gasteiger partial charge is 0.473 e. The maximum Gasteiger partial charge on any atom is 0.356 e. The monoisotopic (exact) mass is 616 g/mol. The van der Waals surface area contributed by atoms with Crippen molar-refractivity contribution in [3.8, 4) is 5.88 Å². The molecule has 44 heavy (non-hydrogen) atoms. The zero-order valence-corrected chi connectivity index (χ0v) is 24.8. The zero-order chi connectivity index (χ0) is 30.2. The molecular formula is C33H30ClFN4O5. The van der Waals surface area contributed by atoms with Gasteiger partial charge in [0.1, 0.15) is 23.5 Å². The molecule has 9 nitrogen and oxygen atoms in total. The topological polar surface area (TPSA) is 102 Å². The van der Waals surface area contributed by atoms with E-state index in [9.17, 15) is 9.18 Å². The highest BCUT2D eigenvalue weighted by molar-refractivity contribution is 6.35. The quantitative estimate of drug-likeness (QED) is 0.129. The fourth-order valence-electron chi connectivity index (χ4n) is 5.87. The van der Waals surface area contributed by atoms with Gasteiger partial charge in [0.25, 0.3) is 6.01 Å². The van der Waals surface area contributed by atoms with Gasteiger partial charge in [-0.15, -0.1) is 0 Å². The van der Waals surface area contributed by atoms with Crippen LogP contribution in [-0.4, -0.2) is 45.3 Å². The van der Waals surface area contributed by atoms with Crippen LogP contribution in [0.25, 0.3) is 22.1 Å². The number of methoxy groups -OCH3 is 1. The van der Waals surface area contributed by atoms with Crippen molar-refractivity contribution in [2.24, 2.45) is 0 Å². The molecule has 0 radical (unpaired) electrons. The molecule has 1 fully saturated rings. The number of hydrogen-bond donors (Lipinski definition) is 0. The number of aromatic nitrogens is 4. The molecule has 0 saturated carbocycles. The number of ether oxygens (including phenoxy) is 3. The number of benzene rings is 1. The highest BCUT2D eigenvalue weighted by Gasteiger charge is 2.25. The van der Waals surface area contributed by atoms with Crippen LogP contribution in [0.1, 0.15) is 59.2 Å². The molecule has 5 heterocycles. The molecule has 1 aliphatic heterocycles. The Morgan fingerprint density at radius 1 is 1.14 bits per heavy atom. The number of esters is 1. The second-order valence-corrected chi connectivity index (χ2v) is 11.6. The molecule has 226 valence electrons. The lowest BCUT2D eigenvalue weighted by molar-refractivity contribution is -0.0590. The molecule has 0 bridgehead atoms. The number of pyridine rings is 2. The summed E-state index contributed by atoms with van der Waals surface area (Å²) in [7, 11) is 1.35. The first-order valence-corrected chi connectivity index (χ1v) is 15.0. The van der Waals surface area contributed by atoms with Crippen molar-refractivity contribution >= 4 is 39.7 Å². The lowest BCUT2D eigenvalue weighted by Gasteiger charge is -2.27. The highest BCUT2D eigenvalue weighted by atomic mass is 35.5. The van der Waals surface area contributed by atoms with Gasteiger partial charge in [-0.05, 0) is 49.9 Å². The van der Waals surface area contributed by atoms with Crippen LogP contribution in [0.2, 0.25) is 5.02 Å². The van der Waals surface area contributed by atoms with Crippen LogP contribution in [0.4, 0.5) is 4.39 Å². The highest BCUT2D eigenvalue weighted by Crippen LogP contribution is 2.34. The summed E-state index contributed by atoms with van der Waals surface area (Å²) in [5, 5.41) is 0.946. The molecule has 5 aromatic rings. The number of rotatable bonds is 9. The van der Waals surface area contributed by atoms with Crippen LogP contribution in [-0.2, 0) is 29.0 Å². The molecule has 2 atom stereocenters. The summed E-state index contributed by atoms with van der Waals surface area (Å²) in [6, 6.07) is 13.3. The van der Waals surface area contributed by atoms with Gasteiger partial charge >= 0.3 is 5.97 Å². The van der Waals surface area contributed by atoms with E-state index in [-0.39, 0.29) is 24.3 Å². The van der Waals surface area contributed by atoms with E-state index in [1.807, 2.05) is 24.3 Å². The number of hydrogen-bond acceptors (Lipinski definition) is 8. The average Bonchev–Trinajstić information content (AvgIpc) is 3.58. The molecule has 2 aliphatic rings. The van der Waals surface area contributed by atoms with E-state index in [1.54, 1.807) is 18.2 Å². The number of allylic oxidation sites excluding steroid dienone is 2. The summed E-state index contributed by atoms with van der Waals surface area (Å²) in [4.78, 5) is 26.4. The Bertz CT molecular complexity index is 1900. The fraction of sp³-hybridized carbons (Fsp3) is 0.333.